The van der Waals surface area contributed by atoms with E-state index in [-0.39, 0.29) is 12.0 Å². The first-order chi connectivity index (χ1) is 11.2. The molecule has 1 saturated heterocycles. The number of aliphatic imine (C=N–C) groups is 1. The van der Waals surface area contributed by atoms with Crippen LogP contribution in [0.1, 0.15) is 18.1 Å². The van der Waals surface area contributed by atoms with E-state index in [1.54, 1.807) is 0 Å². The number of thioether (sulfide) groups is 1. The van der Waals surface area contributed by atoms with Crippen LogP contribution in [0.2, 0.25) is 0 Å². The summed E-state index contributed by atoms with van der Waals surface area (Å²) in [5.74, 6) is 0.803. The number of fused-ring (bicyclic) bond motifs is 1. The smallest absolute Gasteiger partial charge is 0.286 e. The SMILES string of the molecule is C[C@H]1Cc2cc(/C=C3\SC(N4CCOCC4)=NC3=O)ccc2O1. The fourth-order valence-corrected chi connectivity index (χ4v) is 3.94. The van der Waals surface area contributed by atoms with E-state index in [1.807, 2.05) is 18.2 Å². The summed E-state index contributed by atoms with van der Waals surface area (Å²) in [7, 11) is 0. The van der Waals surface area contributed by atoms with Crippen molar-refractivity contribution < 1.29 is 14.3 Å². The van der Waals surface area contributed by atoms with Gasteiger partial charge in [-0.3, -0.25) is 4.79 Å². The number of nitrogens with zero attached hydrogens (tertiary/aromatic N) is 2. The van der Waals surface area contributed by atoms with E-state index >= 15 is 0 Å². The lowest BCUT2D eigenvalue weighted by molar-refractivity contribution is -0.113. The number of ether oxygens (including phenoxy) is 2. The second kappa shape index (κ2) is 6.02. The van der Waals surface area contributed by atoms with Crippen LogP contribution in [0.4, 0.5) is 0 Å². The van der Waals surface area contributed by atoms with Crippen LogP contribution in [0.25, 0.3) is 6.08 Å². The van der Waals surface area contributed by atoms with Crippen LogP contribution in [0.5, 0.6) is 5.75 Å². The van der Waals surface area contributed by atoms with Crippen LogP contribution < -0.4 is 4.74 Å². The fourth-order valence-electron chi connectivity index (χ4n) is 2.97. The molecule has 1 fully saturated rings. The lowest BCUT2D eigenvalue weighted by atomic mass is 10.1. The van der Waals surface area contributed by atoms with Gasteiger partial charge in [-0.15, -0.1) is 0 Å². The third kappa shape index (κ3) is 3.01. The van der Waals surface area contributed by atoms with Crippen LogP contribution in [0.15, 0.2) is 28.1 Å². The van der Waals surface area contributed by atoms with Crippen molar-refractivity contribution in [3.05, 3.63) is 34.2 Å². The number of carbonyl (C=O) groups excluding carboxylic acids is 1. The quantitative estimate of drug-likeness (QED) is 0.740. The average molecular weight is 330 g/mol. The average Bonchev–Trinajstić information content (AvgIpc) is 3.10. The number of rotatable bonds is 1. The molecule has 5 nitrogen and oxygen atoms in total. The molecule has 0 bridgehead atoms. The van der Waals surface area contributed by atoms with Gasteiger partial charge >= 0.3 is 0 Å². The molecule has 0 aromatic heterocycles. The van der Waals surface area contributed by atoms with E-state index in [0.717, 1.165) is 36.0 Å². The highest BCUT2D eigenvalue weighted by atomic mass is 32.2. The van der Waals surface area contributed by atoms with Crippen molar-refractivity contribution in [2.45, 2.75) is 19.4 Å². The minimum atomic E-state index is -0.151. The zero-order chi connectivity index (χ0) is 15.8. The second-order valence-electron chi connectivity index (χ2n) is 5.91. The Morgan fingerprint density at radius 2 is 2.17 bits per heavy atom. The maximum atomic E-state index is 12.2. The van der Waals surface area contributed by atoms with Gasteiger partial charge in [0, 0.05) is 19.5 Å². The fraction of sp³-hybridized carbons (Fsp3) is 0.412. The molecule has 1 aromatic carbocycles. The lowest BCUT2D eigenvalue weighted by Crippen LogP contribution is -2.38. The molecule has 0 spiro atoms. The Hall–Kier alpha value is -1.79. The summed E-state index contributed by atoms with van der Waals surface area (Å²) in [6.07, 6.45) is 3.07. The maximum absolute atomic E-state index is 12.2. The van der Waals surface area contributed by atoms with Crippen molar-refractivity contribution in [2.75, 3.05) is 26.3 Å². The Morgan fingerprint density at radius 1 is 1.35 bits per heavy atom. The number of hydrogen-bond donors (Lipinski definition) is 0. The van der Waals surface area contributed by atoms with Crippen LogP contribution in [-0.4, -0.2) is 48.4 Å². The molecule has 0 radical (unpaired) electrons. The van der Waals surface area contributed by atoms with Gasteiger partial charge in [-0.1, -0.05) is 6.07 Å². The Kier molecular flexibility index (Phi) is 3.87. The Labute approximate surface area is 139 Å². The van der Waals surface area contributed by atoms with Crippen molar-refractivity contribution >= 4 is 28.9 Å². The number of carbonyl (C=O) groups is 1. The monoisotopic (exact) mass is 330 g/mol. The second-order valence-corrected chi connectivity index (χ2v) is 6.92. The van der Waals surface area contributed by atoms with Gasteiger partial charge in [-0.25, -0.2) is 0 Å². The van der Waals surface area contributed by atoms with Gasteiger partial charge in [0.05, 0.1) is 18.1 Å². The molecule has 1 amide bonds. The van der Waals surface area contributed by atoms with Crippen LogP contribution >= 0.6 is 11.8 Å². The molecule has 0 aliphatic carbocycles. The van der Waals surface area contributed by atoms with Gasteiger partial charge in [-0.05, 0) is 48.0 Å². The standard InChI is InChI=1S/C17H18N2O3S/c1-11-8-13-9-12(2-3-14(13)22-11)10-15-16(20)18-17(23-15)19-4-6-21-7-5-19/h2-3,9-11H,4-8H2,1H3/b15-10-/t11-/m0/s1. The zero-order valence-corrected chi connectivity index (χ0v) is 13.8. The molecule has 3 aliphatic heterocycles. The third-order valence-corrected chi connectivity index (χ3v) is 5.15. The number of amides is 1. The van der Waals surface area contributed by atoms with Crippen molar-refractivity contribution in [3.8, 4) is 5.75 Å². The highest BCUT2D eigenvalue weighted by Crippen LogP contribution is 2.33. The molecule has 3 aliphatic rings. The minimum absolute atomic E-state index is 0.151. The number of amidine groups is 1. The molecule has 3 heterocycles. The number of morpholine rings is 1. The first-order valence-corrected chi connectivity index (χ1v) is 8.65. The van der Waals surface area contributed by atoms with Crippen molar-refractivity contribution in [2.24, 2.45) is 4.99 Å². The molecule has 0 saturated carbocycles. The normalized spacial score (nSPS) is 25.5. The Morgan fingerprint density at radius 3 is 3.00 bits per heavy atom. The van der Waals surface area contributed by atoms with Crippen molar-refractivity contribution in [1.82, 2.24) is 4.90 Å². The van der Waals surface area contributed by atoms with E-state index in [2.05, 4.69) is 22.9 Å². The zero-order valence-electron chi connectivity index (χ0n) is 12.9. The van der Waals surface area contributed by atoms with Gasteiger partial charge in [-0.2, -0.15) is 4.99 Å². The first-order valence-electron chi connectivity index (χ1n) is 7.84. The molecule has 1 atom stereocenters. The maximum Gasteiger partial charge on any atom is 0.286 e. The minimum Gasteiger partial charge on any atom is -0.490 e. The lowest BCUT2D eigenvalue weighted by Gasteiger charge is -2.27. The summed E-state index contributed by atoms with van der Waals surface area (Å²) in [5.41, 5.74) is 2.23. The summed E-state index contributed by atoms with van der Waals surface area (Å²) in [6, 6.07) is 6.08. The van der Waals surface area contributed by atoms with E-state index in [1.165, 1.54) is 17.3 Å². The molecular formula is C17H18N2O3S. The van der Waals surface area contributed by atoms with Gasteiger partial charge in [0.2, 0.25) is 0 Å². The van der Waals surface area contributed by atoms with E-state index < -0.39 is 0 Å². The Bertz CT molecular complexity index is 708. The summed E-state index contributed by atoms with van der Waals surface area (Å²) < 4.78 is 11.1. The summed E-state index contributed by atoms with van der Waals surface area (Å²) >= 11 is 1.45. The molecule has 6 heteroatoms. The highest BCUT2D eigenvalue weighted by molar-refractivity contribution is 8.18. The van der Waals surface area contributed by atoms with Gasteiger partial charge in [0.15, 0.2) is 5.17 Å². The molecule has 23 heavy (non-hydrogen) atoms. The summed E-state index contributed by atoms with van der Waals surface area (Å²) in [5, 5.41) is 0.794. The number of benzene rings is 1. The van der Waals surface area contributed by atoms with E-state index in [0.29, 0.717) is 18.1 Å². The predicted molar refractivity (Wildman–Crippen MR) is 90.6 cm³/mol. The molecule has 0 N–H and O–H groups in total. The first kappa shape index (κ1) is 14.8. The topological polar surface area (TPSA) is 51.1 Å². The molecule has 120 valence electrons. The molecular weight excluding hydrogens is 312 g/mol. The van der Waals surface area contributed by atoms with E-state index in [9.17, 15) is 4.79 Å². The number of hydrogen-bond acceptors (Lipinski definition) is 5. The largest absolute Gasteiger partial charge is 0.490 e. The van der Waals surface area contributed by atoms with Crippen LogP contribution in [0.3, 0.4) is 0 Å². The van der Waals surface area contributed by atoms with Crippen LogP contribution in [-0.2, 0) is 16.0 Å². The van der Waals surface area contributed by atoms with Gasteiger partial charge in [0.1, 0.15) is 11.9 Å². The Balaban J connectivity index is 1.52. The van der Waals surface area contributed by atoms with Crippen molar-refractivity contribution in [1.29, 1.82) is 0 Å². The van der Waals surface area contributed by atoms with Gasteiger partial charge in [0.25, 0.3) is 5.91 Å². The highest BCUT2D eigenvalue weighted by Gasteiger charge is 2.27. The van der Waals surface area contributed by atoms with Gasteiger partial charge < -0.3 is 14.4 Å². The molecule has 4 rings (SSSR count). The van der Waals surface area contributed by atoms with Crippen molar-refractivity contribution in [3.63, 3.8) is 0 Å². The van der Waals surface area contributed by atoms with E-state index in [4.69, 9.17) is 9.47 Å². The predicted octanol–water partition coefficient (Wildman–Crippen LogP) is 2.31. The molecule has 1 aromatic rings. The molecule has 0 unspecified atom stereocenters. The summed E-state index contributed by atoms with van der Waals surface area (Å²) in [6.45, 7) is 5.03. The van der Waals surface area contributed by atoms with Crippen LogP contribution in [0, 0.1) is 0 Å². The summed E-state index contributed by atoms with van der Waals surface area (Å²) in [4.78, 5) is 19.1. The third-order valence-electron chi connectivity index (χ3n) is 4.11.